The SMILES string of the molecule is c1ccc2c(N(c3cccc4ccccc34)c3ccc(-c4cc5c6ccccc6c(-c6cccc7sc8ccccc8c67)cc5c5ccccc45)c4ccccc34)cccc2c1. The fourth-order valence-electron chi connectivity index (χ4n) is 10.3. The minimum absolute atomic E-state index is 1.15. The van der Waals surface area contributed by atoms with Crippen molar-refractivity contribution in [3.63, 3.8) is 0 Å². The van der Waals surface area contributed by atoms with Gasteiger partial charge in [-0.05, 0) is 113 Å². The fraction of sp³-hybridized carbons (Fsp3) is 0. The summed E-state index contributed by atoms with van der Waals surface area (Å²) >= 11 is 1.88. The first-order valence-electron chi connectivity index (χ1n) is 21.3. The van der Waals surface area contributed by atoms with Crippen molar-refractivity contribution in [1.82, 2.24) is 0 Å². The Balaban J connectivity index is 1.08. The molecular formula is C60H37NS. The van der Waals surface area contributed by atoms with Crippen LogP contribution in [0.2, 0.25) is 0 Å². The lowest BCUT2D eigenvalue weighted by molar-refractivity contribution is 1.33. The molecule has 1 heterocycles. The van der Waals surface area contributed by atoms with Crippen LogP contribution in [0.1, 0.15) is 0 Å². The molecule has 0 N–H and O–H groups in total. The van der Waals surface area contributed by atoms with Crippen LogP contribution in [-0.2, 0) is 0 Å². The highest BCUT2D eigenvalue weighted by atomic mass is 32.1. The molecule has 2 heteroatoms. The van der Waals surface area contributed by atoms with Crippen LogP contribution >= 0.6 is 11.3 Å². The predicted molar refractivity (Wildman–Crippen MR) is 270 cm³/mol. The van der Waals surface area contributed by atoms with Gasteiger partial charge in [0.25, 0.3) is 0 Å². The lowest BCUT2D eigenvalue weighted by Crippen LogP contribution is -2.11. The maximum absolute atomic E-state index is 2.49. The third-order valence-corrected chi connectivity index (χ3v) is 14.2. The van der Waals surface area contributed by atoms with Crippen LogP contribution in [0.15, 0.2) is 224 Å². The Hall–Kier alpha value is -7.78. The summed E-state index contributed by atoms with van der Waals surface area (Å²) in [5, 5.41) is 17.5. The average molecular weight is 804 g/mol. The number of thiophene rings is 1. The Morgan fingerprint density at radius 3 is 1.27 bits per heavy atom. The maximum Gasteiger partial charge on any atom is 0.0540 e. The van der Waals surface area contributed by atoms with Gasteiger partial charge in [0, 0.05) is 36.3 Å². The van der Waals surface area contributed by atoms with Gasteiger partial charge in [0.1, 0.15) is 0 Å². The van der Waals surface area contributed by atoms with Crippen LogP contribution in [0.4, 0.5) is 17.1 Å². The summed E-state index contributed by atoms with van der Waals surface area (Å²) in [4.78, 5) is 2.49. The molecule has 0 aliphatic rings. The van der Waals surface area contributed by atoms with Gasteiger partial charge in [0.05, 0.1) is 17.1 Å². The number of rotatable bonds is 5. The molecule has 1 nitrogen and oxygen atoms in total. The molecule has 0 aliphatic carbocycles. The van der Waals surface area contributed by atoms with E-state index in [2.05, 4.69) is 229 Å². The van der Waals surface area contributed by atoms with Crippen LogP contribution in [0.3, 0.4) is 0 Å². The Labute approximate surface area is 363 Å². The average Bonchev–Trinajstić information content (AvgIpc) is 3.73. The minimum Gasteiger partial charge on any atom is -0.309 e. The first-order valence-corrected chi connectivity index (χ1v) is 22.2. The van der Waals surface area contributed by atoms with Gasteiger partial charge in [-0.15, -0.1) is 11.3 Å². The van der Waals surface area contributed by atoms with E-state index in [9.17, 15) is 0 Å². The largest absolute Gasteiger partial charge is 0.309 e. The van der Waals surface area contributed by atoms with E-state index < -0.39 is 0 Å². The van der Waals surface area contributed by atoms with Gasteiger partial charge in [-0.25, -0.2) is 0 Å². The molecule has 13 rings (SSSR count). The Bertz CT molecular complexity index is 3860. The van der Waals surface area contributed by atoms with Gasteiger partial charge in [0.2, 0.25) is 0 Å². The second kappa shape index (κ2) is 13.9. The fourth-order valence-corrected chi connectivity index (χ4v) is 11.4. The van der Waals surface area contributed by atoms with Crippen molar-refractivity contribution in [3.05, 3.63) is 224 Å². The highest BCUT2D eigenvalue weighted by Crippen LogP contribution is 2.49. The van der Waals surface area contributed by atoms with Crippen LogP contribution in [0.25, 0.3) is 107 Å². The summed E-state index contributed by atoms with van der Waals surface area (Å²) in [6, 6.07) is 83.2. The zero-order chi connectivity index (χ0) is 40.7. The van der Waals surface area contributed by atoms with Crippen molar-refractivity contribution in [2.45, 2.75) is 0 Å². The smallest absolute Gasteiger partial charge is 0.0540 e. The summed E-state index contributed by atoms with van der Waals surface area (Å²) in [7, 11) is 0. The van der Waals surface area contributed by atoms with Gasteiger partial charge in [-0.3, -0.25) is 0 Å². The number of anilines is 3. The second-order valence-corrected chi connectivity index (χ2v) is 17.4. The van der Waals surface area contributed by atoms with Gasteiger partial charge in [-0.1, -0.05) is 182 Å². The molecule has 0 bridgehead atoms. The minimum atomic E-state index is 1.15. The lowest BCUT2D eigenvalue weighted by Gasteiger charge is -2.30. The van der Waals surface area contributed by atoms with E-state index in [1.807, 2.05) is 11.3 Å². The van der Waals surface area contributed by atoms with E-state index in [1.165, 1.54) is 107 Å². The summed E-state index contributed by atoms with van der Waals surface area (Å²) in [5.41, 5.74) is 8.48. The van der Waals surface area contributed by atoms with Crippen molar-refractivity contribution in [2.75, 3.05) is 4.90 Å². The van der Waals surface area contributed by atoms with Crippen molar-refractivity contribution in [3.8, 4) is 22.3 Å². The van der Waals surface area contributed by atoms with Crippen molar-refractivity contribution >= 4 is 113 Å². The lowest BCUT2D eigenvalue weighted by atomic mass is 9.86. The Kier molecular flexibility index (Phi) is 7.85. The normalized spacial score (nSPS) is 11.9. The second-order valence-electron chi connectivity index (χ2n) is 16.3. The summed E-state index contributed by atoms with van der Waals surface area (Å²) in [6.45, 7) is 0. The highest BCUT2D eigenvalue weighted by molar-refractivity contribution is 7.26. The summed E-state index contributed by atoms with van der Waals surface area (Å²) in [5.74, 6) is 0. The van der Waals surface area contributed by atoms with Gasteiger partial charge < -0.3 is 4.90 Å². The molecular weight excluding hydrogens is 767 g/mol. The van der Waals surface area contributed by atoms with Crippen LogP contribution in [0.5, 0.6) is 0 Å². The van der Waals surface area contributed by atoms with Crippen molar-refractivity contribution < 1.29 is 0 Å². The number of hydrogen-bond acceptors (Lipinski definition) is 2. The van der Waals surface area contributed by atoms with Crippen LogP contribution in [0, 0.1) is 0 Å². The van der Waals surface area contributed by atoms with Gasteiger partial charge in [-0.2, -0.15) is 0 Å². The third-order valence-electron chi connectivity index (χ3n) is 13.0. The van der Waals surface area contributed by atoms with E-state index in [-0.39, 0.29) is 0 Å². The third kappa shape index (κ3) is 5.27. The van der Waals surface area contributed by atoms with E-state index in [0.29, 0.717) is 0 Å². The molecule has 0 spiro atoms. The van der Waals surface area contributed by atoms with Gasteiger partial charge in [0.15, 0.2) is 0 Å². The molecule has 0 saturated carbocycles. The van der Waals surface area contributed by atoms with Crippen LogP contribution < -0.4 is 4.90 Å². The zero-order valence-corrected chi connectivity index (χ0v) is 34.5. The topological polar surface area (TPSA) is 3.24 Å². The van der Waals surface area contributed by atoms with Crippen LogP contribution in [-0.4, -0.2) is 0 Å². The quantitative estimate of drug-likeness (QED) is 0.157. The molecule has 12 aromatic carbocycles. The first-order chi connectivity index (χ1) is 30.8. The number of hydrogen-bond donors (Lipinski definition) is 0. The summed E-state index contributed by atoms with van der Waals surface area (Å²) < 4.78 is 2.65. The van der Waals surface area contributed by atoms with E-state index in [0.717, 1.165) is 17.1 Å². The number of fused-ring (bicyclic) bond motifs is 11. The predicted octanol–water partition coefficient (Wildman–Crippen LogP) is 17.8. The highest BCUT2D eigenvalue weighted by Gasteiger charge is 2.23. The maximum atomic E-state index is 2.49. The standard InChI is InChI=1S/C60H37NS/c1-3-20-40-38(16-1)18-13-30-55(40)61(56-31-14-19-39-17-2-4-21-41(39)56)57-35-34-47(42-22-9-10-27-48(42)57)51-36-53-46-26-8-6-24-44(46)52(37-54(53)45-25-7-5-23-43(45)51)49-29-15-33-59-60(49)50-28-11-12-32-58(50)62-59/h1-37H. The molecule has 0 unspecified atom stereocenters. The van der Waals surface area contributed by atoms with E-state index in [4.69, 9.17) is 0 Å². The molecule has 1 aromatic heterocycles. The molecule has 0 aliphatic heterocycles. The first kappa shape index (κ1) is 35.0. The van der Waals surface area contributed by atoms with Crippen molar-refractivity contribution in [1.29, 1.82) is 0 Å². The number of nitrogens with zero attached hydrogens (tertiary/aromatic N) is 1. The molecule has 0 amide bonds. The molecule has 62 heavy (non-hydrogen) atoms. The molecule has 13 aromatic rings. The molecule has 0 atom stereocenters. The summed E-state index contributed by atoms with van der Waals surface area (Å²) in [6.07, 6.45) is 0. The Morgan fingerprint density at radius 1 is 0.242 bits per heavy atom. The Morgan fingerprint density at radius 2 is 0.661 bits per heavy atom. The number of benzene rings is 12. The molecule has 0 saturated heterocycles. The zero-order valence-electron chi connectivity index (χ0n) is 33.7. The van der Waals surface area contributed by atoms with Gasteiger partial charge >= 0.3 is 0 Å². The molecule has 288 valence electrons. The van der Waals surface area contributed by atoms with E-state index >= 15 is 0 Å². The monoisotopic (exact) mass is 803 g/mol. The molecule has 0 radical (unpaired) electrons. The van der Waals surface area contributed by atoms with Crippen molar-refractivity contribution in [2.24, 2.45) is 0 Å². The molecule has 0 fully saturated rings. The van der Waals surface area contributed by atoms with E-state index in [1.54, 1.807) is 0 Å².